The molecule has 1 rings (SSSR count). The van der Waals surface area contributed by atoms with Crippen LogP contribution in [0, 0.1) is 13.8 Å². The molecule has 0 saturated carbocycles. The van der Waals surface area contributed by atoms with Gasteiger partial charge in [-0.3, -0.25) is 4.68 Å². The van der Waals surface area contributed by atoms with E-state index in [-0.39, 0.29) is 0 Å². The molecule has 1 heterocycles. The molecule has 0 aliphatic rings. The van der Waals surface area contributed by atoms with Crippen LogP contribution < -0.4 is 5.43 Å². The number of nitrogens with one attached hydrogen (secondary N) is 1. The van der Waals surface area contributed by atoms with Crippen LogP contribution in [0.15, 0.2) is 12.1 Å². The first-order chi connectivity index (χ1) is 5.75. The van der Waals surface area contributed by atoms with Crippen molar-refractivity contribution in [2.45, 2.75) is 33.6 Å². The molecule has 12 heavy (non-hydrogen) atoms. The maximum absolute atomic E-state index is 3.38. The van der Waals surface area contributed by atoms with E-state index in [1.165, 1.54) is 24.2 Å². The summed E-state index contributed by atoms with van der Waals surface area (Å²) in [6.45, 7) is 7.50. The average Bonchev–Trinajstić information content (AvgIpc) is 2.35. The van der Waals surface area contributed by atoms with E-state index in [1.807, 2.05) is 0 Å². The summed E-state index contributed by atoms with van der Waals surface area (Å²) in [5.74, 6) is 0. The summed E-state index contributed by atoms with van der Waals surface area (Å²) >= 11 is 0. The number of nitrogens with zero attached hydrogens (tertiary/aromatic N) is 1. The van der Waals surface area contributed by atoms with E-state index in [9.17, 15) is 0 Å². The molecule has 68 valence electrons. The van der Waals surface area contributed by atoms with Gasteiger partial charge >= 0.3 is 0 Å². The highest BCUT2D eigenvalue weighted by atomic mass is 15.4. The van der Waals surface area contributed by atoms with Crippen LogP contribution in [-0.2, 0) is 0 Å². The lowest BCUT2D eigenvalue weighted by molar-refractivity contribution is 0.731. The Balaban J connectivity index is 2.50. The van der Waals surface area contributed by atoms with E-state index in [0.29, 0.717) is 0 Å². The zero-order valence-electron chi connectivity index (χ0n) is 8.22. The van der Waals surface area contributed by atoms with Gasteiger partial charge in [0, 0.05) is 17.9 Å². The Bertz CT molecular complexity index is 218. The topological polar surface area (TPSA) is 17.0 Å². The van der Waals surface area contributed by atoms with Crippen molar-refractivity contribution in [2.75, 3.05) is 12.0 Å². The van der Waals surface area contributed by atoms with Crippen molar-refractivity contribution in [3.05, 3.63) is 23.5 Å². The Labute approximate surface area is 74.6 Å². The van der Waals surface area contributed by atoms with Gasteiger partial charge in [0.1, 0.15) is 0 Å². The molecule has 0 amide bonds. The van der Waals surface area contributed by atoms with Crippen LogP contribution in [-0.4, -0.2) is 11.2 Å². The number of aromatic nitrogens is 1. The molecule has 0 bridgehead atoms. The lowest BCUT2D eigenvalue weighted by Crippen LogP contribution is -2.18. The first kappa shape index (κ1) is 9.17. The highest BCUT2D eigenvalue weighted by Gasteiger charge is 1.97. The van der Waals surface area contributed by atoms with Crippen molar-refractivity contribution < 1.29 is 0 Å². The Morgan fingerprint density at radius 3 is 2.33 bits per heavy atom. The Kier molecular flexibility index (Phi) is 3.20. The molecule has 0 spiro atoms. The summed E-state index contributed by atoms with van der Waals surface area (Å²) in [6, 6.07) is 4.27. The molecule has 1 N–H and O–H groups in total. The summed E-state index contributed by atoms with van der Waals surface area (Å²) in [5.41, 5.74) is 5.94. The Morgan fingerprint density at radius 1 is 1.25 bits per heavy atom. The molecule has 0 fully saturated rings. The monoisotopic (exact) mass is 166 g/mol. The van der Waals surface area contributed by atoms with Crippen LogP contribution in [0.2, 0.25) is 0 Å². The predicted molar refractivity (Wildman–Crippen MR) is 53.0 cm³/mol. The zero-order valence-corrected chi connectivity index (χ0v) is 8.22. The first-order valence-corrected chi connectivity index (χ1v) is 4.64. The second-order valence-corrected chi connectivity index (χ2v) is 3.21. The van der Waals surface area contributed by atoms with Crippen LogP contribution in [0.1, 0.15) is 31.2 Å². The van der Waals surface area contributed by atoms with Crippen molar-refractivity contribution in [2.24, 2.45) is 0 Å². The molecule has 0 radical (unpaired) electrons. The standard InChI is InChI=1S/C10H18N2/c1-4-5-8-11-12-9(2)6-7-10(12)3/h6-7,11H,4-5,8H2,1-3H3. The van der Waals surface area contributed by atoms with Gasteiger partial charge in [-0.1, -0.05) is 13.3 Å². The van der Waals surface area contributed by atoms with Crippen molar-refractivity contribution in [3.8, 4) is 0 Å². The minimum Gasteiger partial charge on any atom is -0.326 e. The van der Waals surface area contributed by atoms with Crippen LogP contribution in [0.25, 0.3) is 0 Å². The van der Waals surface area contributed by atoms with Crippen molar-refractivity contribution in [3.63, 3.8) is 0 Å². The molecule has 1 aromatic heterocycles. The third kappa shape index (κ3) is 2.03. The number of unbranched alkanes of at least 4 members (excludes halogenated alkanes) is 1. The highest BCUT2D eigenvalue weighted by Crippen LogP contribution is 2.03. The zero-order chi connectivity index (χ0) is 8.97. The van der Waals surface area contributed by atoms with Gasteiger partial charge in [0.15, 0.2) is 0 Å². The Hall–Kier alpha value is -0.920. The summed E-state index contributed by atoms with van der Waals surface area (Å²) in [7, 11) is 0. The molecule has 2 nitrogen and oxygen atoms in total. The van der Waals surface area contributed by atoms with E-state index in [1.54, 1.807) is 0 Å². The van der Waals surface area contributed by atoms with Crippen LogP contribution in [0.5, 0.6) is 0 Å². The van der Waals surface area contributed by atoms with Crippen LogP contribution in [0.3, 0.4) is 0 Å². The maximum atomic E-state index is 3.38. The minimum atomic E-state index is 1.06. The van der Waals surface area contributed by atoms with E-state index >= 15 is 0 Å². The molecular formula is C10H18N2. The Morgan fingerprint density at radius 2 is 1.83 bits per heavy atom. The van der Waals surface area contributed by atoms with Crippen molar-refractivity contribution >= 4 is 0 Å². The largest absolute Gasteiger partial charge is 0.326 e. The van der Waals surface area contributed by atoms with Gasteiger partial charge in [-0.2, -0.15) is 0 Å². The molecule has 0 unspecified atom stereocenters. The van der Waals surface area contributed by atoms with Gasteiger partial charge < -0.3 is 5.43 Å². The smallest absolute Gasteiger partial charge is 0.0366 e. The lowest BCUT2D eigenvalue weighted by atomic mass is 10.3. The number of hydrogen-bond donors (Lipinski definition) is 1. The molecule has 0 saturated heterocycles. The third-order valence-corrected chi connectivity index (χ3v) is 2.07. The summed E-state index contributed by atoms with van der Waals surface area (Å²) < 4.78 is 2.15. The number of aryl methyl sites for hydroxylation is 2. The van der Waals surface area contributed by atoms with E-state index in [2.05, 4.69) is 43.0 Å². The average molecular weight is 166 g/mol. The van der Waals surface area contributed by atoms with Crippen molar-refractivity contribution in [1.29, 1.82) is 0 Å². The quantitative estimate of drug-likeness (QED) is 0.680. The first-order valence-electron chi connectivity index (χ1n) is 4.64. The van der Waals surface area contributed by atoms with E-state index in [0.717, 1.165) is 6.54 Å². The fourth-order valence-corrected chi connectivity index (χ4v) is 1.29. The second kappa shape index (κ2) is 4.19. The summed E-state index contributed by atoms with van der Waals surface area (Å²) in [5, 5.41) is 0. The van der Waals surface area contributed by atoms with Gasteiger partial charge in [0.05, 0.1) is 0 Å². The maximum Gasteiger partial charge on any atom is 0.0366 e. The van der Waals surface area contributed by atoms with Gasteiger partial charge in [0.2, 0.25) is 0 Å². The molecular weight excluding hydrogens is 148 g/mol. The van der Waals surface area contributed by atoms with Gasteiger partial charge in [-0.05, 0) is 32.4 Å². The number of rotatable bonds is 4. The SMILES string of the molecule is CCCCNn1c(C)ccc1C. The van der Waals surface area contributed by atoms with E-state index < -0.39 is 0 Å². The molecule has 2 heteroatoms. The van der Waals surface area contributed by atoms with Gasteiger partial charge in [-0.25, -0.2) is 0 Å². The molecule has 0 aromatic carbocycles. The lowest BCUT2D eigenvalue weighted by Gasteiger charge is -2.11. The fourth-order valence-electron chi connectivity index (χ4n) is 1.29. The van der Waals surface area contributed by atoms with Gasteiger partial charge in [-0.15, -0.1) is 0 Å². The molecule has 0 aliphatic heterocycles. The minimum absolute atomic E-state index is 1.06. The third-order valence-electron chi connectivity index (χ3n) is 2.07. The number of hydrogen-bond acceptors (Lipinski definition) is 1. The highest BCUT2D eigenvalue weighted by molar-refractivity contribution is 5.15. The second-order valence-electron chi connectivity index (χ2n) is 3.21. The van der Waals surface area contributed by atoms with Crippen LogP contribution >= 0.6 is 0 Å². The predicted octanol–water partition coefficient (Wildman–Crippen LogP) is 2.45. The summed E-state index contributed by atoms with van der Waals surface area (Å²) in [6.07, 6.45) is 2.48. The normalized spacial score (nSPS) is 10.2. The fraction of sp³-hybridized carbons (Fsp3) is 0.600. The van der Waals surface area contributed by atoms with Crippen LogP contribution in [0.4, 0.5) is 0 Å². The van der Waals surface area contributed by atoms with Crippen molar-refractivity contribution in [1.82, 2.24) is 4.68 Å². The summed E-state index contributed by atoms with van der Waals surface area (Å²) in [4.78, 5) is 0. The van der Waals surface area contributed by atoms with Gasteiger partial charge in [0.25, 0.3) is 0 Å². The molecule has 1 aromatic rings. The molecule has 0 atom stereocenters. The van der Waals surface area contributed by atoms with E-state index in [4.69, 9.17) is 0 Å². The molecule has 0 aliphatic carbocycles.